The zero-order chi connectivity index (χ0) is 22.7. The highest BCUT2D eigenvalue weighted by Gasteiger charge is 2.35. The van der Waals surface area contributed by atoms with Crippen molar-refractivity contribution in [2.24, 2.45) is 5.10 Å². The number of hydrogen-bond acceptors (Lipinski definition) is 4. The van der Waals surface area contributed by atoms with Crippen molar-refractivity contribution in [3.05, 3.63) is 64.7 Å². The zero-order valence-corrected chi connectivity index (χ0v) is 19.8. The number of benzene rings is 2. The molecule has 0 bridgehead atoms. The minimum absolute atomic E-state index is 0.0814. The zero-order valence-electron chi connectivity index (χ0n) is 19.8. The summed E-state index contributed by atoms with van der Waals surface area (Å²) in [7, 11) is 0. The Kier molecular flexibility index (Phi) is 6.95. The van der Waals surface area contributed by atoms with Crippen LogP contribution in [-0.4, -0.2) is 47.3 Å². The van der Waals surface area contributed by atoms with Crippen molar-refractivity contribution >= 4 is 11.6 Å². The molecule has 2 aromatic carbocycles. The van der Waals surface area contributed by atoms with Gasteiger partial charge >= 0.3 is 0 Å². The molecule has 1 saturated heterocycles. The van der Waals surface area contributed by atoms with Gasteiger partial charge in [0, 0.05) is 18.0 Å². The Morgan fingerprint density at radius 3 is 2.62 bits per heavy atom. The second kappa shape index (κ2) is 9.86. The number of aryl methyl sites for hydroxylation is 2. The fourth-order valence-electron chi connectivity index (χ4n) is 4.80. The van der Waals surface area contributed by atoms with Crippen LogP contribution in [0.15, 0.2) is 47.6 Å². The van der Waals surface area contributed by atoms with Gasteiger partial charge in [-0.25, -0.2) is 5.01 Å². The van der Waals surface area contributed by atoms with E-state index in [-0.39, 0.29) is 11.9 Å². The molecule has 2 aromatic rings. The number of amides is 1. The molecule has 0 radical (unpaired) electrons. The Balaban J connectivity index is 1.63. The van der Waals surface area contributed by atoms with Crippen LogP contribution in [-0.2, 0) is 4.79 Å². The van der Waals surface area contributed by atoms with Crippen LogP contribution in [0.1, 0.15) is 67.8 Å². The van der Waals surface area contributed by atoms with Crippen molar-refractivity contribution < 1.29 is 9.53 Å². The monoisotopic (exact) mass is 433 g/mol. The average Bonchev–Trinajstić information content (AvgIpc) is 3.23. The van der Waals surface area contributed by atoms with Crippen molar-refractivity contribution in [2.45, 2.75) is 65.5 Å². The number of hydrogen-bond donors (Lipinski definition) is 0. The van der Waals surface area contributed by atoms with Gasteiger partial charge in [0.25, 0.3) is 5.91 Å². The van der Waals surface area contributed by atoms with Crippen LogP contribution in [0.25, 0.3) is 0 Å². The largest absolute Gasteiger partial charge is 0.494 e. The van der Waals surface area contributed by atoms with Gasteiger partial charge in [0.05, 0.1) is 24.9 Å². The lowest BCUT2D eigenvalue weighted by Crippen LogP contribution is -2.44. The summed E-state index contributed by atoms with van der Waals surface area (Å²) >= 11 is 0. The minimum Gasteiger partial charge on any atom is -0.494 e. The number of nitrogens with zero attached hydrogens (tertiary/aromatic N) is 3. The van der Waals surface area contributed by atoms with Gasteiger partial charge in [0.15, 0.2) is 0 Å². The molecule has 0 spiro atoms. The third-order valence-electron chi connectivity index (χ3n) is 6.72. The summed E-state index contributed by atoms with van der Waals surface area (Å²) in [6.45, 7) is 10.5. The fraction of sp³-hybridized carbons (Fsp3) is 0.481. The maximum atomic E-state index is 13.5. The Hall–Kier alpha value is -2.66. The SMILES string of the molecule is CCOc1ccc(C2CC(c3cc(C)ccc3C)=NN2C(=O)CN2CCCCC2C)cc1. The summed E-state index contributed by atoms with van der Waals surface area (Å²) < 4.78 is 5.61. The molecule has 0 N–H and O–H groups in total. The first-order valence-corrected chi connectivity index (χ1v) is 11.9. The Morgan fingerprint density at radius 2 is 1.91 bits per heavy atom. The number of ether oxygens (including phenoxy) is 1. The van der Waals surface area contributed by atoms with E-state index in [1.807, 2.05) is 19.1 Å². The van der Waals surface area contributed by atoms with E-state index in [1.165, 1.54) is 17.5 Å². The van der Waals surface area contributed by atoms with Crippen LogP contribution in [0.3, 0.4) is 0 Å². The first kappa shape index (κ1) is 22.5. The quantitative estimate of drug-likeness (QED) is 0.625. The molecule has 2 aliphatic rings. The molecular formula is C27H35N3O2. The molecule has 2 atom stereocenters. The molecular weight excluding hydrogens is 398 g/mol. The summed E-state index contributed by atoms with van der Waals surface area (Å²) in [6, 6.07) is 14.9. The first-order chi connectivity index (χ1) is 15.5. The number of hydrazone groups is 1. The van der Waals surface area contributed by atoms with Gasteiger partial charge in [-0.2, -0.15) is 5.10 Å². The second-order valence-electron chi connectivity index (χ2n) is 9.14. The van der Waals surface area contributed by atoms with Crippen molar-refractivity contribution in [2.75, 3.05) is 19.7 Å². The summed E-state index contributed by atoms with van der Waals surface area (Å²) in [5.74, 6) is 0.933. The normalized spacial score (nSPS) is 21.5. The molecule has 1 fully saturated rings. The molecule has 32 heavy (non-hydrogen) atoms. The van der Waals surface area contributed by atoms with Crippen LogP contribution in [0.5, 0.6) is 5.75 Å². The Morgan fingerprint density at radius 1 is 1.12 bits per heavy atom. The molecule has 4 rings (SSSR count). The molecule has 5 heteroatoms. The Bertz CT molecular complexity index is 983. The Labute approximate surface area is 192 Å². The van der Waals surface area contributed by atoms with E-state index in [9.17, 15) is 4.79 Å². The predicted octanol–water partition coefficient (Wildman–Crippen LogP) is 5.25. The summed E-state index contributed by atoms with van der Waals surface area (Å²) in [5.41, 5.74) is 5.63. The van der Waals surface area contributed by atoms with Gasteiger partial charge in [-0.05, 0) is 76.4 Å². The smallest absolute Gasteiger partial charge is 0.257 e. The maximum Gasteiger partial charge on any atom is 0.257 e. The molecule has 2 aliphatic heterocycles. The van der Waals surface area contributed by atoms with Crippen molar-refractivity contribution in [3.63, 3.8) is 0 Å². The average molecular weight is 434 g/mol. The van der Waals surface area contributed by atoms with E-state index in [0.29, 0.717) is 19.2 Å². The van der Waals surface area contributed by atoms with Crippen molar-refractivity contribution in [1.82, 2.24) is 9.91 Å². The van der Waals surface area contributed by atoms with Crippen molar-refractivity contribution in [1.29, 1.82) is 0 Å². The summed E-state index contributed by atoms with van der Waals surface area (Å²) in [4.78, 5) is 15.8. The lowest BCUT2D eigenvalue weighted by atomic mass is 9.95. The number of piperidine rings is 1. The first-order valence-electron chi connectivity index (χ1n) is 11.9. The van der Waals surface area contributed by atoms with Gasteiger partial charge in [0.1, 0.15) is 5.75 Å². The number of carbonyl (C=O) groups excluding carboxylic acids is 1. The predicted molar refractivity (Wildman–Crippen MR) is 129 cm³/mol. The number of carbonyl (C=O) groups is 1. The van der Waals surface area contributed by atoms with E-state index >= 15 is 0 Å². The van der Waals surface area contributed by atoms with Crippen molar-refractivity contribution in [3.8, 4) is 5.75 Å². The van der Waals surface area contributed by atoms with Gasteiger partial charge in [-0.15, -0.1) is 0 Å². The molecule has 170 valence electrons. The van der Waals surface area contributed by atoms with Gasteiger partial charge in [-0.1, -0.05) is 36.2 Å². The van der Waals surface area contributed by atoms with Gasteiger partial charge < -0.3 is 4.74 Å². The summed E-state index contributed by atoms with van der Waals surface area (Å²) in [5, 5.41) is 6.65. The number of rotatable bonds is 6. The molecule has 1 amide bonds. The van der Waals surface area contributed by atoms with E-state index < -0.39 is 0 Å². The lowest BCUT2D eigenvalue weighted by Gasteiger charge is -2.34. The van der Waals surface area contributed by atoms with Crippen LogP contribution in [0.4, 0.5) is 0 Å². The van der Waals surface area contributed by atoms with Crippen LogP contribution in [0, 0.1) is 13.8 Å². The maximum absolute atomic E-state index is 13.5. The third-order valence-corrected chi connectivity index (χ3v) is 6.72. The van der Waals surface area contributed by atoms with E-state index in [1.54, 1.807) is 5.01 Å². The van der Waals surface area contributed by atoms with Crippen LogP contribution < -0.4 is 4.74 Å². The van der Waals surface area contributed by atoms with Gasteiger partial charge in [0.2, 0.25) is 0 Å². The topological polar surface area (TPSA) is 45.1 Å². The van der Waals surface area contributed by atoms with E-state index in [2.05, 4.69) is 56.0 Å². The molecule has 0 aliphatic carbocycles. The molecule has 2 unspecified atom stereocenters. The fourth-order valence-corrected chi connectivity index (χ4v) is 4.80. The molecule has 0 saturated carbocycles. The highest BCUT2D eigenvalue weighted by molar-refractivity contribution is 6.04. The van der Waals surface area contributed by atoms with Crippen LogP contribution in [0.2, 0.25) is 0 Å². The lowest BCUT2D eigenvalue weighted by molar-refractivity contribution is -0.135. The molecule has 0 aromatic heterocycles. The number of likely N-dealkylation sites (tertiary alicyclic amines) is 1. The third kappa shape index (κ3) is 4.88. The summed E-state index contributed by atoms with van der Waals surface area (Å²) in [6.07, 6.45) is 4.29. The molecule has 2 heterocycles. The highest BCUT2D eigenvalue weighted by Crippen LogP contribution is 2.35. The van der Waals surface area contributed by atoms with Crippen LogP contribution >= 0.6 is 0 Å². The standard InChI is InChI=1S/C27H35N3O2/c1-5-32-23-13-11-22(12-14-23)26-17-25(24-16-19(2)9-10-20(24)3)28-30(26)27(31)18-29-15-7-6-8-21(29)4/h9-14,16,21,26H,5-8,15,17-18H2,1-4H3. The highest BCUT2D eigenvalue weighted by atomic mass is 16.5. The van der Waals surface area contributed by atoms with E-state index in [0.717, 1.165) is 48.4 Å². The molecule has 5 nitrogen and oxygen atoms in total. The minimum atomic E-state index is -0.0896. The van der Waals surface area contributed by atoms with E-state index in [4.69, 9.17) is 9.84 Å². The van der Waals surface area contributed by atoms with Gasteiger partial charge in [-0.3, -0.25) is 9.69 Å². The second-order valence-corrected chi connectivity index (χ2v) is 9.14.